The molecular formula is C12H16N2O2. The van der Waals surface area contributed by atoms with E-state index in [4.69, 9.17) is 5.11 Å². The van der Waals surface area contributed by atoms with E-state index < -0.39 is 5.97 Å². The Balaban J connectivity index is 1.83. The van der Waals surface area contributed by atoms with Crippen LogP contribution >= 0.6 is 0 Å². The summed E-state index contributed by atoms with van der Waals surface area (Å²) in [7, 11) is 0. The third kappa shape index (κ3) is 2.79. The molecule has 86 valence electrons. The summed E-state index contributed by atoms with van der Waals surface area (Å²) in [5.74, 6) is -0.933. The molecule has 4 heteroatoms. The predicted molar refractivity (Wildman–Crippen MR) is 60.2 cm³/mol. The summed E-state index contributed by atoms with van der Waals surface area (Å²) < 4.78 is 0. The number of aromatic carboxylic acids is 1. The number of nitrogens with zero attached hydrogens (tertiary/aromatic N) is 1. The van der Waals surface area contributed by atoms with Crippen molar-refractivity contribution in [1.29, 1.82) is 0 Å². The molecule has 1 saturated carbocycles. The van der Waals surface area contributed by atoms with Gasteiger partial charge in [-0.2, -0.15) is 0 Å². The molecule has 0 aliphatic heterocycles. The van der Waals surface area contributed by atoms with Crippen LogP contribution in [0.1, 0.15) is 35.8 Å². The van der Waals surface area contributed by atoms with Gasteiger partial charge in [-0.1, -0.05) is 6.92 Å². The van der Waals surface area contributed by atoms with Crippen LogP contribution in [0.3, 0.4) is 0 Å². The largest absolute Gasteiger partial charge is 0.478 e. The van der Waals surface area contributed by atoms with Crippen LogP contribution in [-0.4, -0.2) is 22.6 Å². The second-order valence-electron chi connectivity index (χ2n) is 4.76. The van der Waals surface area contributed by atoms with Gasteiger partial charge in [-0.15, -0.1) is 0 Å². The van der Waals surface area contributed by atoms with E-state index in [-0.39, 0.29) is 5.56 Å². The fourth-order valence-electron chi connectivity index (χ4n) is 1.54. The number of aromatic nitrogens is 1. The first-order valence-corrected chi connectivity index (χ1v) is 5.48. The Labute approximate surface area is 94.7 Å². The van der Waals surface area contributed by atoms with Gasteiger partial charge >= 0.3 is 5.97 Å². The molecule has 1 fully saturated rings. The van der Waals surface area contributed by atoms with Gasteiger partial charge in [0.2, 0.25) is 0 Å². The molecule has 0 amide bonds. The molecule has 4 nitrogen and oxygen atoms in total. The lowest BCUT2D eigenvalue weighted by atomic mass is 10.1. The highest BCUT2D eigenvalue weighted by molar-refractivity contribution is 5.87. The Morgan fingerprint density at radius 3 is 2.81 bits per heavy atom. The van der Waals surface area contributed by atoms with Crippen molar-refractivity contribution in [2.24, 2.45) is 5.41 Å². The van der Waals surface area contributed by atoms with Crippen LogP contribution in [-0.2, 0) is 6.54 Å². The minimum atomic E-state index is -0.933. The number of carboxylic acids is 1. The van der Waals surface area contributed by atoms with E-state index in [0.29, 0.717) is 12.0 Å². The molecule has 16 heavy (non-hydrogen) atoms. The van der Waals surface area contributed by atoms with Gasteiger partial charge < -0.3 is 10.4 Å². The Kier molecular flexibility index (Phi) is 2.92. The first-order valence-electron chi connectivity index (χ1n) is 5.48. The molecule has 0 unspecified atom stereocenters. The zero-order valence-electron chi connectivity index (χ0n) is 9.36. The van der Waals surface area contributed by atoms with E-state index in [1.54, 1.807) is 12.1 Å². The van der Waals surface area contributed by atoms with Gasteiger partial charge in [-0.3, -0.25) is 4.98 Å². The standard InChI is InChI=1S/C12H16N2O2/c1-12(4-5-12)8-13-7-10-3-2-9(6-14-10)11(15)16/h2-3,6,13H,4-5,7-8H2,1H3,(H,15,16). The SMILES string of the molecule is CC1(CNCc2ccc(C(=O)O)cn2)CC1. The van der Waals surface area contributed by atoms with Crippen molar-refractivity contribution < 1.29 is 9.90 Å². The van der Waals surface area contributed by atoms with E-state index >= 15 is 0 Å². The summed E-state index contributed by atoms with van der Waals surface area (Å²) in [4.78, 5) is 14.7. The molecule has 0 spiro atoms. The summed E-state index contributed by atoms with van der Waals surface area (Å²) in [6, 6.07) is 3.34. The van der Waals surface area contributed by atoms with Gasteiger partial charge in [0.05, 0.1) is 11.3 Å². The number of carbonyl (C=O) groups is 1. The van der Waals surface area contributed by atoms with Crippen molar-refractivity contribution in [1.82, 2.24) is 10.3 Å². The first kappa shape index (κ1) is 11.1. The summed E-state index contributed by atoms with van der Waals surface area (Å²) in [5.41, 5.74) is 1.60. The van der Waals surface area contributed by atoms with Gasteiger partial charge in [-0.05, 0) is 30.4 Å². The molecule has 0 atom stereocenters. The Morgan fingerprint density at radius 2 is 2.31 bits per heavy atom. The van der Waals surface area contributed by atoms with Gasteiger partial charge in [0.25, 0.3) is 0 Å². The molecule has 2 N–H and O–H groups in total. The van der Waals surface area contributed by atoms with E-state index in [9.17, 15) is 4.79 Å². The van der Waals surface area contributed by atoms with Crippen molar-refractivity contribution in [3.8, 4) is 0 Å². The van der Waals surface area contributed by atoms with Crippen LogP contribution in [0.15, 0.2) is 18.3 Å². The molecule has 0 radical (unpaired) electrons. The molecule has 1 aliphatic carbocycles. The average molecular weight is 220 g/mol. The lowest BCUT2D eigenvalue weighted by molar-refractivity contribution is 0.0696. The summed E-state index contributed by atoms with van der Waals surface area (Å²) >= 11 is 0. The van der Waals surface area contributed by atoms with Crippen molar-refractivity contribution in [2.45, 2.75) is 26.3 Å². The molecule has 1 aromatic rings. The van der Waals surface area contributed by atoms with E-state index in [1.807, 2.05) is 0 Å². The Morgan fingerprint density at radius 1 is 1.56 bits per heavy atom. The third-order valence-corrected chi connectivity index (χ3v) is 3.03. The smallest absolute Gasteiger partial charge is 0.337 e. The second kappa shape index (κ2) is 4.22. The van der Waals surface area contributed by atoms with Crippen LogP contribution in [0.2, 0.25) is 0 Å². The second-order valence-corrected chi connectivity index (χ2v) is 4.76. The maximum absolute atomic E-state index is 10.6. The summed E-state index contributed by atoms with van der Waals surface area (Å²) in [5, 5.41) is 12.1. The van der Waals surface area contributed by atoms with Crippen molar-refractivity contribution in [3.05, 3.63) is 29.6 Å². The minimum Gasteiger partial charge on any atom is -0.478 e. The fourth-order valence-corrected chi connectivity index (χ4v) is 1.54. The highest BCUT2D eigenvalue weighted by Gasteiger charge is 2.36. The van der Waals surface area contributed by atoms with Crippen LogP contribution in [0.5, 0.6) is 0 Å². The zero-order chi connectivity index (χ0) is 11.6. The number of hydrogen-bond acceptors (Lipinski definition) is 3. The molecule has 1 aromatic heterocycles. The van der Waals surface area contributed by atoms with Gasteiger partial charge in [0.1, 0.15) is 0 Å². The normalized spacial score (nSPS) is 17.1. The maximum Gasteiger partial charge on any atom is 0.337 e. The lowest BCUT2D eigenvalue weighted by Gasteiger charge is -2.09. The van der Waals surface area contributed by atoms with Crippen molar-refractivity contribution >= 4 is 5.97 Å². The molecule has 0 aromatic carbocycles. The quantitative estimate of drug-likeness (QED) is 0.792. The van der Waals surface area contributed by atoms with Gasteiger partial charge in [0, 0.05) is 19.3 Å². The minimum absolute atomic E-state index is 0.234. The first-order chi connectivity index (χ1) is 7.59. The van der Waals surface area contributed by atoms with Crippen LogP contribution in [0.25, 0.3) is 0 Å². The number of rotatable bonds is 5. The lowest BCUT2D eigenvalue weighted by Crippen LogP contribution is -2.22. The molecule has 0 bridgehead atoms. The maximum atomic E-state index is 10.6. The van der Waals surface area contributed by atoms with Crippen LogP contribution in [0.4, 0.5) is 0 Å². The van der Waals surface area contributed by atoms with E-state index in [0.717, 1.165) is 12.2 Å². The van der Waals surface area contributed by atoms with Crippen molar-refractivity contribution in [3.63, 3.8) is 0 Å². The molecule has 2 rings (SSSR count). The van der Waals surface area contributed by atoms with E-state index in [2.05, 4.69) is 17.2 Å². The summed E-state index contributed by atoms with van der Waals surface area (Å²) in [6.07, 6.45) is 3.99. The highest BCUT2D eigenvalue weighted by atomic mass is 16.4. The number of hydrogen-bond donors (Lipinski definition) is 2. The predicted octanol–water partition coefficient (Wildman–Crippen LogP) is 1.67. The monoisotopic (exact) mass is 220 g/mol. The fraction of sp³-hybridized carbons (Fsp3) is 0.500. The number of pyridine rings is 1. The van der Waals surface area contributed by atoms with Gasteiger partial charge in [0.15, 0.2) is 0 Å². The van der Waals surface area contributed by atoms with E-state index in [1.165, 1.54) is 19.0 Å². The van der Waals surface area contributed by atoms with Crippen LogP contribution < -0.4 is 5.32 Å². The van der Waals surface area contributed by atoms with Crippen molar-refractivity contribution in [2.75, 3.05) is 6.54 Å². The average Bonchev–Trinajstić information content (AvgIpc) is 2.97. The molecule has 1 aliphatic rings. The third-order valence-electron chi connectivity index (χ3n) is 3.03. The molecule has 0 saturated heterocycles. The molecular weight excluding hydrogens is 204 g/mol. The highest BCUT2D eigenvalue weighted by Crippen LogP contribution is 2.44. The Bertz CT molecular complexity index is 383. The number of carboxylic acid groups (broad SMARTS) is 1. The molecule has 1 heterocycles. The zero-order valence-corrected chi connectivity index (χ0v) is 9.36. The number of nitrogens with one attached hydrogen (secondary N) is 1. The summed E-state index contributed by atoms with van der Waals surface area (Å²) in [6.45, 7) is 3.98. The Hall–Kier alpha value is -1.42. The van der Waals surface area contributed by atoms with Crippen LogP contribution in [0, 0.1) is 5.41 Å². The van der Waals surface area contributed by atoms with Gasteiger partial charge in [-0.25, -0.2) is 4.79 Å². The topological polar surface area (TPSA) is 62.2 Å².